The minimum atomic E-state index is -0.368. The van der Waals surface area contributed by atoms with Gasteiger partial charge in [0.05, 0.1) is 33.6 Å². The number of aromatic nitrogens is 4. The molecule has 6 rings (SSSR count). The highest BCUT2D eigenvalue weighted by molar-refractivity contribution is 8.27. The minimum Gasteiger partial charge on any atom is -0.492 e. The summed E-state index contributed by atoms with van der Waals surface area (Å²) in [6.07, 6.45) is 5.60. The average Bonchev–Trinajstić information content (AvgIpc) is 3.66. The van der Waals surface area contributed by atoms with Crippen LogP contribution in [0.5, 0.6) is 5.75 Å². The van der Waals surface area contributed by atoms with Crippen LogP contribution in [0.2, 0.25) is 5.02 Å². The van der Waals surface area contributed by atoms with Crippen molar-refractivity contribution in [2.75, 3.05) is 11.5 Å². The Kier molecular flexibility index (Phi) is 8.80. The molecule has 2 aromatic heterocycles. The number of carbonyl (C=O) groups is 1. The van der Waals surface area contributed by atoms with E-state index in [1.807, 2.05) is 85.1 Å². The molecule has 1 aliphatic rings. The van der Waals surface area contributed by atoms with Crippen molar-refractivity contribution < 1.29 is 9.53 Å². The van der Waals surface area contributed by atoms with E-state index in [0.29, 0.717) is 44.9 Å². The molecule has 0 N–H and O–H groups in total. The van der Waals surface area contributed by atoms with E-state index in [2.05, 4.69) is 6.92 Å². The lowest BCUT2D eigenvalue weighted by Gasteiger charge is -2.12. The zero-order valence-corrected chi connectivity index (χ0v) is 27.3. The number of anilines is 1. The molecule has 228 valence electrons. The molecule has 1 aliphatic heterocycles. The van der Waals surface area contributed by atoms with E-state index < -0.39 is 0 Å². The Morgan fingerprint density at radius 3 is 2.36 bits per heavy atom. The van der Waals surface area contributed by atoms with Crippen LogP contribution in [0.1, 0.15) is 31.0 Å². The molecule has 0 radical (unpaired) electrons. The molecule has 45 heavy (non-hydrogen) atoms. The molecular formula is C34H30ClN5O3S2. The number of para-hydroxylation sites is 2. The van der Waals surface area contributed by atoms with Gasteiger partial charge in [-0.2, -0.15) is 5.10 Å². The number of hydrogen-bond acceptors (Lipinski definition) is 6. The molecule has 0 spiro atoms. The predicted molar refractivity (Wildman–Crippen MR) is 186 cm³/mol. The van der Waals surface area contributed by atoms with Gasteiger partial charge in [0.15, 0.2) is 4.32 Å². The number of carbonyl (C=O) groups excluding carboxylic acids is 1. The van der Waals surface area contributed by atoms with E-state index >= 15 is 0 Å². The summed E-state index contributed by atoms with van der Waals surface area (Å²) in [6.45, 7) is 4.50. The van der Waals surface area contributed by atoms with Gasteiger partial charge in [-0.1, -0.05) is 85.3 Å². The molecule has 5 aromatic rings. The van der Waals surface area contributed by atoms with Gasteiger partial charge in [0.25, 0.3) is 11.5 Å². The SMILES string of the molecule is CCCCOc1ccc(-c2nn(-c3ccccc3)cc2/C=C2\SC(=S)N(c3c(C)n(C)n(-c4ccccc4)c3=O)C2=O)cc1Cl. The monoisotopic (exact) mass is 655 g/mol. The van der Waals surface area contributed by atoms with E-state index in [1.165, 1.54) is 9.58 Å². The summed E-state index contributed by atoms with van der Waals surface area (Å²) in [6, 6.07) is 24.6. The molecule has 0 unspecified atom stereocenters. The first-order valence-electron chi connectivity index (χ1n) is 14.5. The third-order valence-electron chi connectivity index (χ3n) is 7.55. The summed E-state index contributed by atoms with van der Waals surface area (Å²) >= 11 is 13.5. The largest absolute Gasteiger partial charge is 0.492 e. The van der Waals surface area contributed by atoms with Crippen LogP contribution >= 0.6 is 35.6 Å². The highest BCUT2D eigenvalue weighted by atomic mass is 35.5. The predicted octanol–water partition coefficient (Wildman–Crippen LogP) is 7.58. The average molecular weight is 656 g/mol. The fourth-order valence-electron chi connectivity index (χ4n) is 5.14. The summed E-state index contributed by atoms with van der Waals surface area (Å²) in [5, 5.41) is 5.36. The maximum Gasteiger partial charge on any atom is 0.296 e. The summed E-state index contributed by atoms with van der Waals surface area (Å²) in [4.78, 5) is 29.4. The Balaban J connectivity index is 1.40. The molecule has 0 atom stereocenters. The standard InChI is InChI=1S/C34H30ClN5O3S2/c1-4-5-18-43-28-17-16-23(19-27(28)35)30-24(21-38(36-30)25-12-8-6-9-13-25)20-29-32(41)39(34(44)45-29)31-22(2)37(3)40(33(31)42)26-14-10-7-11-15-26/h6-17,19-21H,4-5,18H2,1-3H3/b29-20-. The highest BCUT2D eigenvalue weighted by Gasteiger charge is 2.38. The number of thioether (sulfide) groups is 1. The second kappa shape index (κ2) is 12.9. The van der Waals surface area contributed by atoms with E-state index in [4.69, 9.17) is 33.7 Å². The number of rotatable bonds is 9. The van der Waals surface area contributed by atoms with Crippen molar-refractivity contribution in [2.45, 2.75) is 26.7 Å². The second-order valence-electron chi connectivity index (χ2n) is 10.5. The van der Waals surface area contributed by atoms with Crippen molar-refractivity contribution in [3.8, 4) is 28.4 Å². The summed E-state index contributed by atoms with van der Waals surface area (Å²) in [7, 11) is 1.79. The molecule has 0 bridgehead atoms. The number of hydrogen-bond donors (Lipinski definition) is 0. The maximum atomic E-state index is 14.0. The molecule has 0 saturated carbocycles. The van der Waals surface area contributed by atoms with Gasteiger partial charge in [0, 0.05) is 24.4 Å². The van der Waals surface area contributed by atoms with Crippen LogP contribution < -0.4 is 15.2 Å². The molecular weight excluding hydrogens is 626 g/mol. The van der Waals surface area contributed by atoms with Gasteiger partial charge >= 0.3 is 0 Å². The van der Waals surface area contributed by atoms with Crippen LogP contribution in [-0.2, 0) is 11.8 Å². The first-order chi connectivity index (χ1) is 21.8. The van der Waals surface area contributed by atoms with Crippen molar-refractivity contribution in [1.82, 2.24) is 19.1 Å². The quantitative estimate of drug-likeness (QED) is 0.0926. The van der Waals surface area contributed by atoms with Crippen LogP contribution in [0.15, 0.2) is 94.8 Å². The fraction of sp³-hybridized carbons (Fsp3) is 0.176. The van der Waals surface area contributed by atoms with Crippen LogP contribution in [0.4, 0.5) is 5.69 Å². The number of ether oxygens (including phenoxy) is 1. The third-order valence-corrected chi connectivity index (χ3v) is 9.15. The molecule has 1 fully saturated rings. The number of thiocarbonyl (C=S) groups is 1. The normalized spacial score (nSPS) is 14.1. The molecule has 8 nitrogen and oxygen atoms in total. The molecule has 3 heterocycles. The lowest BCUT2D eigenvalue weighted by Crippen LogP contribution is -2.33. The number of amides is 1. The summed E-state index contributed by atoms with van der Waals surface area (Å²) < 4.78 is 11.2. The van der Waals surface area contributed by atoms with Crippen molar-refractivity contribution >= 4 is 57.6 Å². The van der Waals surface area contributed by atoms with Crippen molar-refractivity contribution in [3.05, 3.63) is 117 Å². The zero-order valence-electron chi connectivity index (χ0n) is 24.9. The minimum absolute atomic E-state index is 0.234. The highest BCUT2D eigenvalue weighted by Crippen LogP contribution is 2.38. The molecule has 1 amide bonds. The van der Waals surface area contributed by atoms with Gasteiger partial charge in [0.2, 0.25) is 0 Å². The van der Waals surface area contributed by atoms with E-state index in [9.17, 15) is 9.59 Å². The van der Waals surface area contributed by atoms with Gasteiger partial charge < -0.3 is 4.74 Å². The molecule has 11 heteroatoms. The number of unbranched alkanes of at least 4 members (excludes halogenated alkanes) is 1. The van der Waals surface area contributed by atoms with Crippen molar-refractivity contribution in [3.63, 3.8) is 0 Å². The van der Waals surface area contributed by atoms with E-state index in [-0.39, 0.29) is 21.5 Å². The van der Waals surface area contributed by atoms with E-state index in [1.54, 1.807) is 29.4 Å². The van der Waals surface area contributed by atoms with Crippen molar-refractivity contribution in [2.24, 2.45) is 7.05 Å². The second-order valence-corrected chi connectivity index (χ2v) is 12.6. The van der Waals surface area contributed by atoms with Gasteiger partial charge in [-0.15, -0.1) is 0 Å². The molecule has 0 aliphatic carbocycles. The number of nitrogens with zero attached hydrogens (tertiary/aromatic N) is 5. The van der Waals surface area contributed by atoms with Gasteiger partial charge in [-0.3, -0.25) is 19.2 Å². The maximum absolute atomic E-state index is 14.0. The third kappa shape index (κ3) is 5.88. The Bertz CT molecular complexity index is 2000. The van der Waals surface area contributed by atoms with Crippen LogP contribution in [0, 0.1) is 6.92 Å². The molecule has 3 aromatic carbocycles. The summed E-state index contributed by atoms with van der Waals surface area (Å²) in [5.74, 6) is 0.241. The Morgan fingerprint density at radius 1 is 1.00 bits per heavy atom. The van der Waals surface area contributed by atoms with E-state index in [0.717, 1.165) is 35.9 Å². The van der Waals surface area contributed by atoms with Crippen LogP contribution in [0.25, 0.3) is 28.7 Å². The van der Waals surface area contributed by atoms with Gasteiger partial charge in [-0.05, 0) is 61.9 Å². The Morgan fingerprint density at radius 2 is 1.69 bits per heavy atom. The zero-order chi connectivity index (χ0) is 31.7. The van der Waals surface area contributed by atoms with Gasteiger partial charge in [-0.25, -0.2) is 9.36 Å². The number of halogens is 1. The first-order valence-corrected chi connectivity index (χ1v) is 16.1. The first kappa shape index (κ1) is 30.6. The lowest BCUT2D eigenvalue weighted by molar-refractivity contribution is -0.113. The summed E-state index contributed by atoms with van der Waals surface area (Å²) in [5.41, 5.74) is 4.18. The topological polar surface area (TPSA) is 74.3 Å². The Labute approximate surface area is 275 Å². The Hall–Kier alpha value is -4.38. The lowest BCUT2D eigenvalue weighted by atomic mass is 10.1. The van der Waals surface area contributed by atoms with Crippen molar-refractivity contribution in [1.29, 1.82) is 0 Å². The van der Waals surface area contributed by atoms with Gasteiger partial charge in [0.1, 0.15) is 17.1 Å². The fourth-order valence-corrected chi connectivity index (χ4v) is 6.63. The number of benzene rings is 3. The molecule has 1 saturated heterocycles. The van der Waals surface area contributed by atoms with Crippen LogP contribution in [0.3, 0.4) is 0 Å². The van der Waals surface area contributed by atoms with Crippen LogP contribution in [-0.4, -0.2) is 36.0 Å². The smallest absolute Gasteiger partial charge is 0.296 e.